The van der Waals surface area contributed by atoms with E-state index in [1.54, 1.807) is 18.9 Å². The summed E-state index contributed by atoms with van der Waals surface area (Å²) in [4.78, 5) is 18.3. The molecule has 0 aliphatic heterocycles. The lowest BCUT2D eigenvalue weighted by atomic mass is 10.4. The molecule has 2 heterocycles. The van der Waals surface area contributed by atoms with E-state index in [0.717, 1.165) is 4.47 Å². The minimum Gasteiger partial charge on any atom is -0.340 e. The van der Waals surface area contributed by atoms with Gasteiger partial charge in [0.15, 0.2) is 5.82 Å². The predicted molar refractivity (Wildman–Crippen MR) is 66.9 cm³/mol. The van der Waals surface area contributed by atoms with E-state index in [2.05, 4.69) is 26.1 Å². The van der Waals surface area contributed by atoms with Gasteiger partial charge >= 0.3 is 0 Å². The van der Waals surface area contributed by atoms with Crippen molar-refractivity contribution in [1.29, 1.82) is 0 Å². The van der Waals surface area contributed by atoms with Gasteiger partial charge in [-0.15, -0.1) is 11.3 Å². The number of hydrogen-bond donors (Lipinski definition) is 0. The second kappa shape index (κ2) is 4.97. The summed E-state index contributed by atoms with van der Waals surface area (Å²) >= 11 is 4.74. The monoisotopic (exact) mass is 315 g/mol. The van der Waals surface area contributed by atoms with E-state index in [0.29, 0.717) is 23.1 Å². The molecule has 0 saturated heterocycles. The molecule has 17 heavy (non-hydrogen) atoms. The lowest BCUT2D eigenvalue weighted by molar-refractivity contribution is 0.0784. The van der Waals surface area contributed by atoms with Crippen molar-refractivity contribution in [2.45, 2.75) is 13.5 Å². The molecule has 0 bridgehead atoms. The van der Waals surface area contributed by atoms with Gasteiger partial charge in [0.1, 0.15) is 4.88 Å². The Hall–Kier alpha value is -1.21. The van der Waals surface area contributed by atoms with E-state index in [-0.39, 0.29) is 5.91 Å². The fourth-order valence-corrected chi connectivity index (χ4v) is 2.84. The number of nitrogens with zero attached hydrogens (tertiary/aromatic N) is 3. The number of rotatable bonds is 3. The molecule has 0 aromatic carbocycles. The quantitative estimate of drug-likeness (QED) is 0.873. The number of aryl methyl sites for hydroxylation is 1. The van der Waals surface area contributed by atoms with Crippen molar-refractivity contribution in [3.05, 3.63) is 32.5 Å². The van der Waals surface area contributed by atoms with Crippen molar-refractivity contribution < 1.29 is 9.32 Å². The van der Waals surface area contributed by atoms with Crippen LogP contribution in [0.1, 0.15) is 21.4 Å². The van der Waals surface area contributed by atoms with Gasteiger partial charge in [0.25, 0.3) is 5.91 Å². The fourth-order valence-electron chi connectivity index (χ4n) is 1.31. The molecule has 0 unspecified atom stereocenters. The molecule has 0 radical (unpaired) electrons. The van der Waals surface area contributed by atoms with Crippen molar-refractivity contribution in [1.82, 2.24) is 15.0 Å². The van der Waals surface area contributed by atoms with E-state index >= 15 is 0 Å². The molecular formula is C10H10BrN3O2S. The Morgan fingerprint density at radius 2 is 2.41 bits per heavy atom. The average molecular weight is 316 g/mol. The van der Waals surface area contributed by atoms with Crippen LogP contribution in [0.4, 0.5) is 0 Å². The van der Waals surface area contributed by atoms with Crippen molar-refractivity contribution in [3.63, 3.8) is 0 Å². The van der Waals surface area contributed by atoms with Crippen molar-refractivity contribution in [3.8, 4) is 0 Å². The lowest BCUT2D eigenvalue weighted by Crippen LogP contribution is -2.26. The first-order valence-electron chi connectivity index (χ1n) is 4.85. The molecular weight excluding hydrogens is 306 g/mol. The van der Waals surface area contributed by atoms with Crippen molar-refractivity contribution in [2.75, 3.05) is 7.05 Å². The van der Waals surface area contributed by atoms with Crippen LogP contribution in [0.2, 0.25) is 0 Å². The van der Waals surface area contributed by atoms with E-state index in [1.165, 1.54) is 11.3 Å². The Labute approximate surface area is 111 Å². The molecule has 0 aliphatic carbocycles. The number of carbonyl (C=O) groups is 1. The minimum atomic E-state index is -0.0608. The van der Waals surface area contributed by atoms with Crippen LogP contribution >= 0.6 is 27.3 Å². The number of hydrogen-bond acceptors (Lipinski definition) is 5. The van der Waals surface area contributed by atoms with Crippen LogP contribution in [0.25, 0.3) is 0 Å². The first kappa shape index (κ1) is 12.3. The summed E-state index contributed by atoms with van der Waals surface area (Å²) in [5, 5.41) is 5.62. The summed E-state index contributed by atoms with van der Waals surface area (Å²) in [7, 11) is 1.71. The molecule has 2 aromatic heterocycles. The summed E-state index contributed by atoms with van der Waals surface area (Å²) in [6.07, 6.45) is 0. The number of carbonyl (C=O) groups excluding carboxylic acids is 1. The van der Waals surface area contributed by atoms with Gasteiger partial charge in [-0.05, 0) is 27.4 Å². The van der Waals surface area contributed by atoms with Gasteiger partial charge in [0.2, 0.25) is 5.89 Å². The van der Waals surface area contributed by atoms with Gasteiger partial charge in [-0.3, -0.25) is 4.79 Å². The number of thiophene rings is 1. The summed E-state index contributed by atoms with van der Waals surface area (Å²) < 4.78 is 5.66. The molecule has 0 spiro atoms. The molecule has 1 amide bonds. The van der Waals surface area contributed by atoms with Gasteiger partial charge in [0, 0.05) is 18.4 Å². The Kier molecular flexibility index (Phi) is 3.58. The molecule has 0 N–H and O–H groups in total. The third-order valence-electron chi connectivity index (χ3n) is 2.11. The Bertz CT molecular complexity index is 537. The van der Waals surface area contributed by atoms with E-state index < -0.39 is 0 Å². The van der Waals surface area contributed by atoms with E-state index in [1.807, 2.05) is 11.4 Å². The smallest absolute Gasteiger partial charge is 0.265 e. The molecule has 0 aliphatic rings. The standard InChI is InChI=1S/C10H10BrN3O2S/c1-6-12-8(13-16-6)5-14(2)10(15)9-7(11)3-4-17-9/h3-4H,5H2,1-2H3. The van der Waals surface area contributed by atoms with Crippen LogP contribution in [0.15, 0.2) is 20.4 Å². The average Bonchev–Trinajstić information content (AvgIpc) is 2.86. The maximum atomic E-state index is 12.1. The zero-order valence-corrected chi connectivity index (χ0v) is 11.7. The number of amides is 1. The molecule has 2 rings (SSSR count). The number of halogens is 1. The third kappa shape index (κ3) is 2.73. The van der Waals surface area contributed by atoms with Crippen LogP contribution in [0, 0.1) is 6.92 Å². The summed E-state index contributed by atoms with van der Waals surface area (Å²) in [5.41, 5.74) is 0. The second-order valence-electron chi connectivity index (χ2n) is 3.49. The van der Waals surface area contributed by atoms with Crippen molar-refractivity contribution >= 4 is 33.2 Å². The Morgan fingerprint density at radius 3 is 2.94 bits per heavy atom. The highest BCUT2D eigenvalue weighted by Gasteiger charge is 2.18. The van der Waals surface area contributed by atoms with Gasteiger partial charge in [0.05, 0.1) is 6.54 Å². The van der Waals surface area contributed by atoms with Gasteiger partial charge in [-0.25, -0.2) is 0 Å². The van der Waals surface area contributed by atoms with Gasteiger partial charge in [-0.2, -0.15) is 4.98 Å². The Morgan fingerprint density at radius 1 is 1.65 bits per heavy atom. The van der Waals surface area contributed by atoms with Crippen LogP contribution in [-0.2, 0) is 6.54 Å². The SMILES string of the molecule is Cc1nc(CN(C)C(=O)c2sccc2Br)no1. The maximum Gasteiger partial charge on any atom is 0.265 e. The first-order chi connectivity index (χ1) is 8.08. The molecule has 0 fully saturated rings. The van der Waals surface area contributed by atoms with Crippen LogP contribution in [-0.4, -0.2) is 28.0 Å². The zero-order chi connectivity index (χ0) is 12.4. The van der Waals surface area contributed by atoms with Gasteiger partial charge in [-0.1, -0.05) is 5.16 Å². The predicted octanol–water partition coefficient (Wildman–Crippen LogP) is 2.47. The van der Waals surface area contributed by atoms with Crippen LogP contribution in [0.3, 0.4) is 0 Å². The second-order valence-corrected chi connectivity index (χ2v) is 5.26. The van der Waals surface area contributed by atoms with Gasteiger partial charge < -0.3 is 9.42 Å². The number of aromatic nitrogens is 2. The van der Waals surface area contributed by atoms with Crippen LogP contribution < -0.4 is 0 Å². The topological polar surface area (TPSA) is 59.2 Å². The molecule has 0 saturated carbocycles. The zero-order valence-electron chi connectivity index (χ0n) is 9.31. The normalized spacial score (nSPS) is 10.5. The van der Waals surface area contributed by atoms with Crippen molar-refractivity contribution in [2.24, 2.45) is 0 Å². The molecule has 7 heteroatoms. The highest BCUT2D eigenvalue weighted by molar-refractivity contribution is 9.10. The Balaban J connectivity index is 2.08. The fraction of sp³-hybridized carbons (Fsp3) is 0.300. The highest BCUT2D eigenvalue weighted by Crippen LogP contribution is 2.24. The van der Waals surface area contributed by atoms with E-state index in [9.17, 15) is 4.79 Å². The maximum absolute atomic E-state index is 12.1. The lowest BCUT2D eigenvalue weighted by Gasteiger charge is -2.13. The molecule has 5 nitrogen and oxygen atoms in total. The summed E-state index contributed by atoms with van der Waals surface area (Å²) in [6.45, 7) is 2.05. The summed E-state index contributed by atoms with van der Waals surface area (Å²) in [5.74, 6) is 0.943. The molecule has 2 aromatic rings. The largest absolute Gasteiger partial charge is 0.340 e. The first-order valence-corrected chi connectivity index (χ1v) is 6.53. The van der Waals surface area contributed by atoms with Crippen LogP contribution in [0.5, 0.6) is 0 Å². The minimum absolute atomic E-state index is 0.0608. The highest BCUT2D eigenvalue weighted by atomic mass is 79.9. The summed E-state index contributed by atoms with van der Waals surface area (Å²) in [6, 6.07) is 1.85. The third-order valence-corrected chi connectivity index (χ3v) is 3.93. The van der Waals surface area contributed by atoms with E-state index in [4.69, 9.17) is 4.52 Å². The molecule has 90 valence electrons. The molecule has 0 atom stereocenters.